The van der Waals surface area contributed by atoms with Crippen LogP contribution in [0, 0.1) is 5.82 Å². The molecular formula is C11H9FO2S. The van der Waals surface area contributed by atoms with Gasteiger partial charge >= 0.3 is 5.97 Å². The minimum absolute atomic E-state index is 0.0197. The van der Waals surface area contributed by atoms with Crippen LogP contribution in [0.1, 0.15) is 5.56 Å². The minimum Gasteiger partial charge on any atom is -0.469 e. The van der Waals surface area contributed by atoms with Gasteiger partial charge < -0.3 is 4.74 Å². The van der Waals surface area contributed by atoms with Crippen LogP contribution < -0.4 is 0 Å². The van der Waals surface area contributed by atoms with E-state index in [9.17, 15) is 9.18 Å². The van der Waals surface area contributed by atoms with Crippen molar-refractivity contribution in [1.29, 1.82) is 0 Å². The van der Waals surface area contributed by atoms with Crippen LogP contribution in [0.25, 0.3) is 10.1 Å². The van der Waals surface area contributed by atoms with Crippen LogP contribution in [0.3, 0.4) is 0 Å². The molecule has 0 amide bonds. The Hall–Kier alpha value is -1.42. The van der Waals surface area contributed by atoms with E-state index in [1.165, 1.54) is 24.5 Å². The number of carbonyl (C=O) groups excluding carboxylic acids is 1. The molecule has 1 heterocycles. The predicted octanol–water partition coefficient (Wildman–Crippen LogP) is 2.76. The summed E-state index contributed by atoms with van der Waals surface area (Å²) < 4.78 is 18.9. The molecule has 0 fully saturated rings. The third-order valence-electron chi connectivity index (χ3n) is 2.18. The van der Waals surface area contributed by atoms with Crippen molar-refractivity contribution in [3.05, 3.63) is 35.0 Å². The molecular weight excluding hydrogens is 215 g/mol. The zero-order valence-corrected chi connectivity index (χ0v) is 8.94. The molecule has 0 saturated heterocycles. The molecule has 0 N–H and O–H groups in total. The van der Waals surface area contributed by atoms with E-state index in [2.05, 4.69) is 4.74 Å². The first-order valence-electron chi connectivity index (χ1n) is 4.43. The van der Waals surface area contributed by atoms with E-state index in [0.717, 1.165) is 10.1 Å². The Morgan fingerprint density at radius 3 is 3.07 bits per heavy atom. The molecule has 2 rings (SSSR count). The number of esters is 1. The van der Waals surface area contributed by atoms with Gasteiger partial charge in [0, 0.05) is 4.70 Å². The summed E-state index contributed by atoms with van der Waals surface area (Å²) in [6.07, 6.45) is -0.0197. The van der Waals surface area contributed by atoms with Crippen molar-refractivity contribution in [2.45, 2.75) is 6.42 Å². The Morgan fingerprint density at radius 2 is 2.33 bits per heavy atom. The predicted molar refractivity (Wildman–Crippen MR) is 57.5 cm³/mol. The van der Waals surface area contributed by atoms with Crippen LogP contribution in [-0.2, 0) is 16.0 Å². The highest BCUT2D eigenvalue weighted by molar-refractivity contribution is 7.17. The van der Waals surface area contributed by atoms with E-state index < -0.39 is 5.97 Å². The fraction of sp³-hybridized carbons (Fsp3) is 0.182. The van der Waals surface area contributed by atoms with Gasteiger partial charge in [0.05, 0.1) is 13.5 Å². The highest BCUT2D eigenvalue weighted by atomic mass is 32.1. The molecule has 2 nitrogen and oxygen atoms in total. The first-order chi connectivity index (χ1) is 7.20. The maximum absolute atomic E-state index is 13.5. The van der Waals surface area contributed by atoms with Crippen molar-refractivity contribution in [3.8, 4) is 0 Å². The van der Waals surface area contributed by atoms with Crippen molar-refractivity contribution in [2.24, 2.45) is 0 Å². The van der Waals surface area contributed by atoms with Gasteiger partial charge in [-0.15, -0.1) is 11.3 Å². The number of benzene rings is 1. The van der Waals surface area contributed by atoms with Crippen LogP contribution in [-0.4, -0.2) is 13.1 Å². The lowest BCUT2D eigenvalue weighted by atomic mass is 10.1. The van der Waals surface area contributed by atoms with Gasteiger partial charge in [-0.1, -0.05) is 0 Å². The Balaban J connectivity index is 2.41. The first kappa shape index (κ1) is 10.1. The lowest BCUT2D eigenvalue weighted by Gasteiger charge is -2.02. The van der Waals surface area contributed by atoms with Gasteiger partial charge in [-0.3, -0.25) is 4.79 Å². The molecule has 2 aromatic rings. The van der Waals surface area contributed by atoms with Gasteiger partial charge in [-0.05, 0) is 34.5 Å². The average Bonchev–Trinajstić information content (AvgIpc) is 2.65. The fourth-order valence-electron chi connectivity index (χ4n) is 1.39. The standard InChI is InChI=1S/C11H9FO2S/c1-14-11(13)5-8-4-7-2-3-15-10(7)6-9(8)12/h2-4,6H,5H2,1H3. The van der Waals surface area contributed by atoms with E-state index >= 15 is 0 Å². The number of fused-ring (bicyclic) bond motifs is 1. The quantitative estimate of drug-likeness (QED) is 0.733. The van der Waals surface area contributed by atoms with Gasteiger partial charge in [-0.2, -0.15) is 0 Å². The second kappa shape index (κ2) is 3.98. The number of carbonyl (C=O) groups is 1. The molecule has 0 spiro atoms. The minimum atomic E-state index is -0.427. The van der Waals surface area contributed by atoms with Gasteiger partial charge in [-0.25, -0.2) is 4.39 Å². The topological polar surface area (TPSA) is 26.3 Å². The lowest BCUT2D eigenvalue weighted by molar-refractivity contribution is -0.139. The molecule has 0 bridgehead atoms. The summed E-state index contributed by atoms with van der Waals surface area (Å²) in [6, 6.07) is 5.05. The molecule has 0 aliphatic carbocycles. The van der Waals surface area contributed by atoms with Crippen molar-refractivity contribution >= 4 is 27.4 Å². The molecule has 0 aliphatic rings. The van der Waals surface area contributed by atoms with Gasteiger partial charge in [0.2, 0.25) is 0 Å². The molecule has 0 unspecified atom stereocenters. The Kier molecular flexibility index (Phi) is 2.68. The normalized spacial score (nSPS) is 10.5. The number of halogens is 1. The Bertz CT molecular complexity index is 504. The van der Waals surface area contributed by atoms with E-state index in [1.807, 2.05) is 11.4 Å². The third kappa shape index (κ3) is 1.99. The third-order valence-corrected chi connectivity index (χ3v) is 3.06. The van der Waals surface area contributed by atoms with E-state index in [0.29, 0.717) is 5.56 Å². The number of hydrogen-bond acceptors (Lipinski definition) is 3. The maximum Gasteiger partial charge on any atom is 0.310 e. The average molecular weight is 224 g/mol. The van der Waals surface area contributed by atoms with Gasteiger partial charge in [0.1, 0.15) is 5.82 Å². The SMILES string of the molecule is COC(=O)Cc1cc2ccsc2cc1F. The zero-order valence-electron chi connectivity index (χ0n) is 8.12. The van der Waals surface area contributed by atoms with Crippen molar-refractivity contribution in [1.82, 2.24) is 0 Å². The summed E-state index contributed by atoms with van der Waals surface area (Å²) >= 11 is 1.48. The number of thiophene rings is 1. The molecule has 78 valence electrons. The number of ether oxygens (including phenoxy) is 1. The summed E-state index contributed by atoms with van der Waals surface area (Å²) in [5, 5.41) is 2.85. The van der Waals surface area contributed by atoms with Crippen molar-refractivity contribution < 1.29 is 13.9 Å². The Morgan fingerprint density at radius 1 is 1.53 bits per heavy atom. The van der Waals surface area contributed by atoms with Crippen LogP contribution in [0.5, 0.6) is 0 Å². The highest BCUT2D eigenvalue weighted by Gasteiger charge is 2.10. The van der Waals surface area contributed by atoms with Gasteiger partial charge in [0.15, 0.2) is 0 Å². The van der Waals surface area contributed by atoms with E-state index in [4.69, 9.17) is 0 Å². The van der Waals surface area contributed by atoms with E-state index in [-0.39, 0.29) is 12.2 Å². The molecule has 1 aromatic heterocycles. The molecule has 0 atom stereocenters. The molecule has 0 radical (unpaired) electrons. The van der Waals surface area contributed by atoms with Crippen LogP contribution in [0.4, 0.5) is 4.39 Å². The van der Waals surface area contributed by atoms with Gasteiger partial charge in [0.25, 0.3) is 0 Å². The van der Waals surface area contributed by atoms with Crippen molar-refractivity contribution in [3.63, 3.8) is 0 Å². The number of rotatable bonds is 2. The molecule has 1 aromatic carbocycles. The second-order valence-electron chi connectivity index (χ2n) is 3.15. The summed E-state index contributed by atoms with van der Waals surface area (Å²) in [6.45, 7) is 0. The molecule has 4 heteroatoms. The molecule has 0 saturated carbocycles. The van der Waals surface area contributed by atoms with E-state index in [1.54, 1.807) is 6.07 Å². The Labute approximate surface area is 90.3 Å². The summed E-state index contributed by atoms with van der Waals surface area (Å²) in [4.78, 5) is 11.0. The van der Waals surface area contributed by atoms with Crippen molar-refractivity contribution in [2.75, 3.05) is 7.11 Å². The number of methoxy groups -OCH3 is 1. The molecule has 15 heavy (non-hydrogen) atoms. The monoisotopic (exact) mass is 224 g/mol. The lowest BCUT2D eigenvalue weighted by Crippen LogP contribution is -2.05. The highest BCUT2D eigenvalue weighted by Crippen LogP contribution is 2.24. The zero-order chi connectivity index (χ0) is 10.8. The largest absolute Gasteiger partial charge is 0.469 e. The van der Waals surface area contributed by atoms with Crippen LogP contribution >= 0.6 is 11.3 Å². The maximum atomic E-state index is 13.5. The summed E-state index contributed by atoms with van der Waals surface area (Å²) in [5.41, 5.74) is 0.382. The smallest absolute Gasteiger partial charge is 0.310 e. The first-order valence-corrected chi connectivity index (χ1v) is 5.31. The van der Waals surface area contributed by atoms with Crippen LogP contribution in [0.15, 0.2) is 23.6 Å². The number of hydrogen-bond donors (Lipinski definition) is 0. The summed E-state index contributed by atoms with van der Waals surface area (Å²) in [7, 11) is 1.29. The second-order valence-corrected chi connectivity index (χ2v) is 4.10. The fourth-order valence-corrected chi connectivity index (χ4v) is 2.19. The molecule has 0 aliphatic heterocycles. The van der Waals surface area contributed by atoms with Crippen LogP contribution in [0.2, 0.25) is 0 Å². The summed E-state index contributed by atoms with van der Waals surface area (Å²) in [5.74, 6) is -0.779.